The van der Waals surface area contributed by atoms with Gasteiger partial charge < -0.3 is 5.32 Å². The molecule has 0 aliphatic rings. The average molecular weight is 266 g/mol. The van der Waals surface area contributed by atoms with E-state index in [9.17, 15) is 0 Å². The van der Waals surface area contributed by atoms with Crippen LogP contribution in [0.5, 0.6) is 0 Å². The summed E-state index contributed by atoms with van der Waals surface area (Å²) in [6, 6.07) is 8.29. The minimum absolute atomic E-state index is 0.836. The molecule has 0 unspecified atom stereocenters. The average Bonchev–Trinajstić information content (AvgIpc) is 2.71. The molecule has 0 atom stereocenters. The van der Waals surface area contributed by atoms with Crippen LogP contribution in [0.25, 0.3) is 0 Å². The highest BCUT2D eigenvalue weighted by atomic mass is 79.9. The number of nitrogens with zero attached hydrogens (tertiary/aromatic N) is 1. The van der Waals surface area contributed by atoms with Crippen molar-refractivity contribution in [3.63, 3.8) is 0 Å². The molecule has 4 heteroatoms. The van der Waals surface area contributed by atoms with Gasteiger partial charge in [0.15, 0.2) is 0 Å². The third kappa shape index (κ3) is 3.18. The first-order chi connectivity index (χ1) is 7.34. The Morgan fingerprint density at radius 2 is 2.13 bits per heavy atom. The number of benzene rings is 1. The van der Waals surface area contributed by atoms with Gasteiger partial charge in [-0.2, -0.15) is 5.10 Å². The predicted octanol–water partition coefficient (Wildman–Crippen LogP) is 2.46. The van der Waals surface area contributed by atoms with Crippen molar-refractivity contribution in [2.75, 3.05) is 0 Å². The molecule has 1 aromatic heterocycles. The molecule has 78 valence electrons. The molecule has 15 heavy (non-hydrogen) atoms. The van der Waals surface area contributed by atoms with Gasteiger partial charge in [0.25, 0.3) is 0 Å². The van der Waals surface area contributed by atoms with Crippen LogP contribution in [0.4, 0.5) is 0 Å². The van der Waals surface area contributed by atoms with Crippen molar-refractivity contribution >= 4 is 15.9 Å². The van der Waals surface area contributed by atoms with E-state index in [1.54, 1.807) is 0 Å². The molecule has 0 aliphatic heterocycles. The van der Waals surface area contributed by atoms with Crippen molar-refractivity contribution in [2.45, 2.75) is 13.1 Å². The maximum absolute atomic E-state index is 3.89. The third-order valence-corrected chi connectivity index (χ3v) is 2.60. The van der Waals surface area contributed by atoms with E-state index in [1.807, 2.05) is 24.5 Å². The molecule has 0 fully saturated rings. The third-order valence-electron chi connectivity index (χ3n) is 2.10. The minimum atomic E-state index is 0.836. The quantitative estimate of drug-likeness (QED) is 0.892. The first-order valence-electron chi connectivity index (χ1n) is 4.77. The van der Waals surface area contributed by atoms with Crippen LogP contribution in [0.2, 0.25) is 0 Å². The highest BCUT2D eigenvalue weighted by Gasteiger charge is 1.95. The van der Waals surface area contributed by atoms with Gasteiger partial charge in [-0.3, -0.25) is 5.10 Å². The first-order valence-corrected chi connectivity index (χ1v) is 5.57. The topological polar surface area (TPSA) is 40.7 Å². The molecule has 2 rings (SSSR count). The predicted molar refractivity (Wildman–Crippen MR) is 63.3 cm³/mol. The summed E-state index contributed by atoms with van der Waals surface area (Å²) in [5.74, 6) is 0. The van der Waals surface area contributed by atoms with E-state index >= 15 is 0 Å². The molecule has 1 heterocycles. The Hall–Kier alpha value is -1.13. The Bertz CT molecular complexity index is 412. The largest absolute Gasteiger partial charge is 0.309 e. The maximum atomic E-state index is 3.89. The lowest BCUT2D eigenvalue weighted by Gasteiger charge is -2.03. The Kier molecular flexibility index (Phi) is 3.53. The summed E-state index contributed by atoms with van der Waals surface area (Å²) >= 11 is 3.45. The van der Waals surface area contributed by atoms with Crippen LogP contribution < -0.4 is 5.32 Å². The van der Waals surface area contributed by atoms with Crippen molar-refractivity contribution in [1.29, 1.82) is 0 Å². The van der Waals surface area contributed by atoms with Crippen molar-refractivity contribution in [2.24, 2.45) is 0 Å². The number of aromatic amines is 1. The van der Waals surface area contributed by atoms with Crippen LogP contribution >= 0.6 is 15.9 Å². The summed E-state index contributed by atoms with van der Waals surface area (Å²) in [5, 5.41) is 10.0. The second kappa shape index (κ2) is 5.09. The molecule has 0 radical (unpaired) electrons. The van der Waals surface area contributed by atoms with Crippen LogP contribution in [-0.4, -0.2) is 10.2 Å². The van der Waals surface area contributed by atoms with Crippen molar-refractivity contribution in [1.82, 2.24) is 15.5 Å². The van der Waals surface area contributed by atoms with Gasteiger partial charge in [-0.1, -0.05) is 28.1 Å². The van der Waals surface area contributed by atoms with Crippen molar-refractivity contribution < 1.29 is 0 Å². The van der Waals surface area contributed by atoms with Gasteiger partial charge in [-0.05, 0) is 17.7 Å². The fourth-order valence-electron chi connectivity index (χ4n) is 1.37. The highest BCUT2D eigenvalue weighted by molar-refractivity contribution is 9.10. The zero-order chi connectivity index (χ0) is 10.5. The zero-order valence-corrected chi connectivity index (χ0v) is 9.79. The second-order valence-electron chi connectivity index (χ2n) is 3.34. The van der Waals surface area contributed by atoms with E-state index in [2.05, 4.69) is 43.6 Å². The number of hydrogen-bond acceptors (Lipinski definition) is 2. The normalized spacial score (nSPS) is 10.5. The second-order valence-corrected chi connectivity index (χ2v) is 4.26. The van der Waals surface area contributed by atoms with Crippen LogP contribution in [0.15, 0.2) is 41.1 Å². The van der Waals surface area contributed by atoms with E-state index in [4.69, 9.17) is 0 Å². The van der Waals surface area contributed by atoms with Crippen LogP contribution in [0, 0.1) is 0 Å². The molecule has 2 N–H and O–H groups in total. The van der Waals surface area contributed by atoms with E-state index in [0.717, 1.165) is 17.6 Å². The van der Waals surface area contributed by atoms with Crippen molar-refractivity contribution in [3.8, 4) is 0 Å². The van der Waals surface area contributed by atoms with Crippen molar-refractivity contribution in [3.05, 3.63) is 52.3 Å². The lowest BCUT2D eigenvalue weighted by molar-refractivity contribution is 0.693. The molecule has 0 saturated carbocycles. The lowest BCUT2D eigenvalue weighted by atomic mass is 10.2. The maximum Gasteiger partial charge on any atom is 0.0532 e. The van der Waals surface area contributed by atoms with E-state index in [0.29, 0.717) is 0 Å². The van der Waals surface area contributed by atoms with Crippen LogP contribution in [-0.2, 0) is 13.1 Å². The Morgan fingerprint density at radius 3 is 2.87 bits per heavy atom. The molecular weight excluding hydrogens is 254 g/mol. The number of halogens is 1. The molecular formula is C11H12BrN3. The SMILES string of the molecule is Brc1cccc(CNCc2cn[nH]c2)c1. The summed E-state index contributed by atoms with van der Waals surface area (Å²) < 4.78 is 1.12. The summed E-state index contributed by atoms with van der Waals surface area (Å²) in [6.45, 7) is 1.70. The van der Waals surface area contributed by atoms with Gasteiger partial charge in [0.05, 0.1) is 6.20 Å². The molecule has 2 aromatic rings. The van der Waals surface area contributed by atoms with Gasteiger partial charge >= 0.3 is 0 Å². The molecule has 0 bridgehead atoms. The standard InChI is InChI=1S/C11H12BrN3/c12-11-3-1-2-9(4-11)5-13-6-10-7-14-15-8-10/h1-4,7-8,13H,5-6H2,(H,14,15). The van der Waals surface area contributed by atoms with E-state index < -0.39 is 0 Å². The van der Waals surface area contributed by atoms with Crippen LogP contribution in [0.1, 0.15) is 11.1 Å². The summed E-state index contributed by atoms with van der Waals surface area (Å²) in [4.78, 5) is 0. The van der Waals surface area contributed by atoms with Gasteiger partial charge in [0.1, 0.15) is 0 Å². The van der Waals surface area contributed by atoms with Gasteiger partial charge in [0.2, 0.25) is 0 Å². The molecule has 0 spiro atoms. The minimum Gasteiger partial charge on any atom is -0.309 e. The number of hydrogen-bond donors (Lipinski definition) is 2. The van der Waals surface area contributed by atoms with Gasteiger partial charge in [0, 0.05) is 29.3 Å². The number of aromatic nitrogens is 2. The summed E-state index contributed by atoms with van der Waals surface area (Å²) in [5.41, 5.74) is 2.44. The number of H-pyrrole nitrogens is 1. The molecule has 0 amide bonds. The number of rotatable bonds is 4. The smallest absolute Gasteiger partial charge is 0.0532 e. The first kappa shape index (κ1) is 10.4. The monoisotopic (exact) mass is 265 g/mol. The van der Waals surface area contributed by atoms with E-state index in [1.165, 1.54) is 11.1 Å². The molecule has 3 nitrogen and oxygen atoms in total. The lowest BCUT2D eigenvalue weighted by Crippen LogP contribution is -2.11. The zero-order valence-electron chi connectivity index (χ0n) is 8.20. The Morgan fingerprint density at radius 1 is 1.27 bits per heavy atom. The molecule has 1 aromatic carbocycles. The van der Waals surface area contributed by atoms with Gasteiger partial charge in [-0.25, -0.2) is 0 Å². The Balaban J connectivity index is 1.83. The van der Waals surface area contributed by atoms with Crippen LogP contribution in [0.3, 0.4) is 0 Å². The fraction of sp³-hybridized carbons (Fsp3) is 0.182. The summed E-state index contributed by atoms with van der Waals surface area (Å²) in [7, 11) is 0. The van der Waals surface area contributed by atoms with E-state index in [-0.39, 0.29) is 0 Å². The number of nitrogens with one attached hydrogen (secondary N) is 2. The van der Waals surface area contributed by atoms with Gasteiger partial charge in [-0.15, -0.1) is 0 Å². The molecule has 0 aliphatic carbocycles. The highest BCUT2D eigenvalue weighted by Crippen LogP contribution is 2.11. The fourth-order valence-corrected chi connectivity index (χ4v) is 1.82. The summed E-state index contributed by atoms with van der Waals surface area (Å²) in [6.07, 6.45) is 3.72. The molecule has 0 saturated heterocycles. The Labute approximate surface area is 97.0 Å².